The molecule has 1 aromatic heterocycles. The lowest BCUT2D eigenvalue weighted by Gasteiger charge is -2.39. The lowest BCUT2D eigenvalue weighted by molar-refractivity contribution is -0.131. The highest BCUT2D eigenvalue weighted by atomic mass is 16.6. The molecule has 0 saturated carbocycles. The van der Waals surface area contributed by atoms with Crippen LogP contribution in [0.5, 0.6) is 11.5 Å². The maximum absolute atomic E-state index is 12.8. The zero-order valence-electron chi connectivity index (χ0n) is 16.8. The van der Waals surface area contributed by atoms with Crippen LogP contribution >= 0.6 is 0 Å². The van der Waals surface area contributed by atoms with E-state index in [-0.39, 0.29) is 11.3 Å². The SMILES string of the molecule is CC(=O)Oc1ccccc1C(=O)O[C@H]1Cc2cc3ccc(=O)oc3cc2OC1(C)C. The molecule has 0 unspecified atom stereocenters. The van der Waals surface area contributed by atoms with Crippen LogP contribution in [0.15, 0.2) is 57.7 Å². The topological polar surface area (TPSA) is 92.0 Å². The molecule has 0 radical (unpaired) electrons. The fraction of sp³-hybridized carbons (Fsp3) is 0.261. The van der Waals surface area contributed by atoms with E-state index in [1.807, 2.05) is 19.9 Å². The van der Waals surface area contributed by atoms with E-state index in [1.165, 1.54) is 19.1 Å². The zero-order valence-corrected chi connectivity index (χ0v) is 16.8. The van der Waals surface area contributed by atoms with Crippen molar-refractivity contribution in [3.63, 3.8) is 0 Å². The first-order valence-electron chi connectivity index (χ1n) is 9.47. The number of esters is 2. The van der Waals surface area contributed by atoms with Crippen LogP contribution in [0.2, 0.25) is 0 Å². The van der Waals surface area contributed by atoms with Crippen molar-refractivity contribution in [1.82, 2.24) is 0 Å². The number of para-hydroxylation sites is 1. The molecule has 7 nitrogen and oxygen atoms in total. The van der Waals surface area contributed by atoms with E-state index in [9.17, 15) is 14.4 Å². The molecule has 154 valence electrons. The van der Waals surface area contributed by atoms with Crippen LogP contribution in [0.25, 0.3) is 11.0 Å². The standard InChI is InChI=1S/C23H20O7/c1-13(24)27-17-7-5-4-6-16(17)22(26)29-20-11-15-10-14-8-9-21(25)28-18(14)12-19(15)30-23(20,2)3/h4-10,12,20H,11H2,1-3H3/t20-/m0/s1. The van der Waals surface area contributed by atoms with Gasteiger partial charge in [-0.1, -0.05) is 12.1 Å². The molecule has 0 spiro atoms. The Bertz CT molecular complexity index is 1210. The van der Waals surface area contributed by atoms with Gasteiger partial charge in [-0.05, 0) is 43.7 Å². The molecule has 3 aromatic rings. The first kappa shape index (κ1) is 19.7. The first-order chi connectivity index (χ1) is 14.2. The van der Waals surface area contributed by atoms with Crippen LogP contribution in [0.3, 0.4) is 0 Å². The van der Waals surface area contributed by atoms with Gasteiger partial charge in [-0.25, -0.2) is 9.59 Å². The summed E-state index contributed by atoms with van der Waals surface area (Å²) in [6.07, 6.45) is -0.171. The third kappa shape index (κ3) is 3.78. The van der Waals surface area contributed by atoms with Crippen LogP contribution < -0.4 is 15.1 Å². The minimum Gasteiger partial charge on any atom is -0.484 e. The lowest BCUT2D eigenvalue weighted by Crippen LogP contribution is -2.48. The molecule has 1 aliphatic rings. The summed E-state index contributed by atoms with van der Waals surface area (Å²) in [5, 5.41) is 0.752. The summed E-state index contributed by atoms with van der Waals surface area (Å²) < 4.78 is 22.2. The third-order valence-electron chi connectivity index (χ3n) is 4.97. The highest BCUT2D eigenvalue weighted by Crippen LogP contribution is 2.37. The molecule has 4 rings (SSSR count). The summed E-state index contributed by atoms with van der Waals surface area (Å²) in [7, 11) is 0. The molecule has 2 aromatic carbocycles. The Morgan fingerprint density at radius 3 is 2.63 bits per heavy atom. The smallest absolute Gasteiger partial charge is 0.342 e. The first-order valence-corrected chi connectivity index (χ1v) is 9.47. The van der Waals surface area contributed by atoms with Gasteiger partial charge in [0.25, 0.3) is 0 Å². The Morgan fingerprint density at radius 2 is 1.87 bits per heavy atom. The van der Waals surface area contributed by atoms with Gasteiger partial charge >= 0.3 is 17.6 Å². The second-order valence-electron chi connectivity index (χ2n) is 7.65. The Labute approximate surface area is 172 Å². The molecular formula is C23H20O7. The Kier molecular flexibility index (Phi) is 4.81. The van der Waals surface area contributed by atoms with Gasteiger partial charge in [-0.2, -0.15) is 0 Å². The minimum atomic E-state index is -0.832. The van der Waals surface area contributed by atoms with Crippen LogP contribution in [0, 0.1) is 0 Å². The highest BCUT2D eigenvalue weighted by molar-refractivity contribution is 5.93. The van der Waals surface area contributed by atoms with E-state index >= 15 is 0 Å². The number of carbonyl (C=O) groups is 2. The van der Waals surface area contributed by atoms with E-state index < -0.39 is 29.3 Å². The minimum absolute atomic E-state index is 0.144. The summed E-state index contributed by atoms with van der Waals surface area (Å²) in [5.41, 5.74) is 0.164. The molecule has 30 heavy (non-hydrogen) atoms. The Morgan fingerprint density at radius 1 is 1.10 bits per heavy atom. The summed E-state index contributed by atoms with van der Waals surface area (Å²) in [6.45, 7) is 4.90. The van der Waals surface area contributed by atoms with E-state index in [4.69, 9.17) is 18.6 Å². The van der Waals surface area contributed by atoms with Gasteiger partial charge in [0.2, 0.25) is 0 Å². The monoisotopic (exact) mass is 408 g/mol. The van der Waals surface area contributed by atoms with Crippen LogP contribution in [-0.4, -0.2) is 23.6 Å². The van der Waals surface area contributed by atoms with Crippen molar-refractivity contribution in [3.8, 4) is 11.5 Å². The highest BCUT2D eigenvalue weighted by Gasteiger charge is 2.40. The predicted octanol–water partition coefficient (Wildman–Crippen LogP) is 3.66. The maximum Gasteiger partial charge on any atom is 0.342 e. The van der Waals surface area contributed by atoms with E-state index in [0.29, 0.717) is 17.8 Å². The van der Waals surface area contributed by atoms with Crippen LogP contribution in [-0.2, 0) is 16.0 Å². The Hall–Kier alpha value is -3.61. The van der Waals surface area contributed by atoms with Crippen molar-refractivity contribution in [1.29, 1.82) is 0 Å². The number of ether oxygens (including phenoxy) is 3. The average molecular weight is 408 g/mol. The predicted molar refractivity (Wildman–Crippen MR) is 108 cm³/mol. The number of fused-ring (bicyclic) bond motifs is 2. The molecule has 1 aliphatic heterocycles. The summed E-state index contributed by atoms with van der Waals surface area (Å²) in [6, 6.07) is 13.0. The number of carbonyl (C=O) groups excluding carboxylic acids is 2. The number of benzene rings is 2. The fourth-order valence-corrected chi connectivity index (χ4v) is 3.45. The molecule has 0 N–H and O–H groups in total. The van der Waals surface area contributed by atoms with Crippen LogP contribution in [0.1, 0.15) is 36.7 Å². The van der Waals surface area contributed by atoms with E-state index in [0.717, 1.165) is 10.9 Å². The number of hydrogen-bond donors (Lipinski definition) is 0. The van der Waals surface area contributed by atoms with Gasteiger partial charge in [-0.15, -0.1) is 0 Å². The zero-order chi connectivity index (χ0) is 21.5. The van der Waals surface area contributed by atoms with Crippen molar-refractivity contribution in [2.75, 3.05) is 0 Å². The summed E-state index contributed by atoms with van der Waals surface area (Å²) in [5.74, 6) is -0.409. The van der Waals surface area contributed by atoms with Gasteiger partial charge < -0.3 is 18.6 Å². The molecule has 0 saturated heterocycles. The molecule has 7 heteroatoms. The summed E-state index contributed by atoms with van der Waals surface area (Å²) >= 11 is 0. The van der Waals surface area contributed by atoms with Crippen molar-refractivity contribution in [2.24, 2.45) is 0 Å². The molecule has 0 aliphatic carbocycles. The maximum atomic E-state index is 12.8. The van der Waals surface area contributed by atoms with E-state index in [1.54, 1.807) is 30.3 Å². The van der Waals surface area contributed by atoms with Gasteiger partial charge in [0, 0.05) is 30.9 Å². The van der Waals surface area contributed by atoms with Gasteiger partial charge in [-0.3, -0.25) is 4.79 Å². The van der Waals surface area contributed by atoms with E-state index in [2.05, 4.69) is 0 Å². The van der Waals surface area contributed by atoms with Gasteiger partial charge in [0.1, 0.15) is 34.4 Å². The second-order valence-corrected chi connectivity index (χ2v) is 7.65. The van der Waals surface area contributed by atoms with Crippen molar-refractivity contribution in [2.45, 2.75) is 38.9 Å². The third-order valence-corrected chi connectivity index (χ3v) is 4.97. The molecule has 1 atom stereocenters. The van der Waals surface area contributed by atoms with Gasteiger partial charge in [0.05, 0.1) is 0 Å². The summed E-state index contributed by atoms with van der Waals surface area (Å²) in [4.78, 5) is 35.7. The van der Waals surface area contributed by atoms with Crippen LogP contribution in [0.4, 0.5) is 0 Å². The second kappa shape index (κ2) is 7.33. The average Bonchev–Trinajstić information content (AvgIpc) is 2.67. The van der Waals surface area contributed by atoms with Crippen molar-refractivity contribution in [3.05, 3.63) is 70.1 Å². The molecular weight excluding hydrogens is 388 g/mol. The molecule has 0 fully saturated rings. The van der Waals surface area contributed by atoms with Gasteiger partial charge in [0.15, 0.2) is 0 Å². The normalized spacial score (nSPS) is 17.0. The fourth-order valence-electron chi connectivity index (χ4n) is 3.45. The largest absolute Gasteiger partial charge is 0.484 e. The lowest BCUT2D eigenvalue weighted by atomic mass is 9.90. The quantitative estimate of drug-likeness (QED) is 0.371. The molecule has 0 amide bonds. The van der Waals surface area contributed by atoms with Crippen molar-refractivity contribution >= 4 is 22.9 Å². The number of rotatable bonds is 3. The molecule has 0 bridgehead atoms. The number of hydrogen-bond acceptors (Lipinski definition) is 7. The Balaban J connectivity index is 1.63. The van der Waals surface area contributed by atoms with Crippen molar-refractivity contribution < 1.29 is 28.2 Å². The molecule has 2 heterocycles.